The topological polar surface area (TPSA) is 63.5 Å². The molecule has 0 aromatic carbocycles. The van der Waals surface area contributed by atoms with E-state index in [0.29, 0.717) is 11.1 Å². The van der Waals surface area contributed by atoms with Gasteiger partial charge in [-0.15, -0.1) is 0 Å². The van der Waals surface area contributed by atoms with Crippen molar-refractivity contribution in [2.45, 2.75) is 12.2 Å². The zero-order valence-corrected chi connectivity index (χ0v) is 8.65. The first-order valence-corrected chi connectivity index (χ1v) is 4.84. The van der Waals surface area contributed by atoms with Gasteiger partial charge < -0.3 is 10.8 Å². The summed E-state index contributed by atoms with van der Waals surface area (Å²) in [5.74, 6) is -0.975. The van der Waals surface area contributed by atoms with E-state index in [1.165, 1.54) is 18.3 Å². The first-order valence-electron chi connectivity index (χ1n) is 4.84. The fourth-order valence-electron chi connectivity index (χ4n) is 1.56. The van der Waals surface area contributed by atoms with Crippen LogP contribution in [0, 0.1) is 0 Å². The van der Waals surface area contributed by atoms with Crippen LogP contribution in [0.15, 0.2) is 24.5 Å². The van der Waals surface area contributed by atoms with Gasteiger partial charge >= 0.3 is 6.18 Å². The van der Waals surface area contributed by atoms with Gasteiger partial charge in [0, 0.05) is 6.20 Å². The highest BCUT2D eigenvalue weighted by Crippen LogP contribution is 2.29. The average molecular weight is 245 g/mol. The van der Waals surface area contributed by atoms with Crippen molar-refractivity contribution in [3.8, 4) is 0 Å². The van der Waals surface area contributed by atoms with E-state index >= 15 is 0 Å². The summed E-state index contributed by atoms with van der Waals surface area (Å²) in [4.78, 5) is 3.33. The summed E-state index contributed by atoms with van der Waals surface area (Å²) >= 11 is 0. The van der Waals surface area contributed by atoms with E-state index in [4.69, 9.17) is 10.8 Å². The van der Waals surface area contributed by atoms with Crippen LogP contribution in [-0.4, -0.2) is 21.1 Å². The van der Waals surface area contributed by atoms with Gasteiger partial charge in [0.25, 0.3) is 0 Å². The smallest absolute Gasteiger partial charge is 0.394 e. The Hall–Kier alpha value is -1.60. The maximum atomic E-state index is 12.5. The quantitative estimate of drug-likeness (QED) is 0.839. The number of nitrogens with two attached hydrogens (primary N) is 1. The van der Waals surface area contributed by atoms with Crippen LogP contribution in [0.3, 0.4) is 0 Å². The van der Waals surface area contributed by atoms with Crippen LogP contribution >= 0.6 is 0 Å². The van der Waals surface area contributed by atoms with E-state index in [1.807, 2.05) is 0 Å². The molecule has 0 bridgehead atoms. The Kier molecular flexibility index (Phi) is 2.80. The normalized spacial score (nSPS) is 14.2. The average Bonchev–Trinajstić information content (AvgIpc) is 2.70. The van der Waals surface area contributed by atoms with E-state index in [9.17, 15) is 13.2 Å². The molecule has 0 radical (unpaired) electrons. The Balaban J connectivity index is 2.52. The molecule has 3 N–H and O–H groups in total. The van der Waals surface area contributed by atoms with Crippen molar-refractivity contribution < 1.29 is 18.3 Å². The van der Waals surface area contributed by atoms with Crippen LogP contribution < -0.4 is 5.73 Å². The van der Waals surface area contributed by atoms with Crippen molar-refractivity contribution in [2.75, 3.05) is 6.61 Å². The van der Waals surface area contributed by atoms with Crippen LogP contribution in [-0.2, 0) is 6.18 Å². The van der Waals surface area contributed by atoms with Gasteiger partial charge in [-0.2, -0.15) is 13.2 Å². The Bertz CT molecular complexity index is 535. The van der Waals surface area contributed by atoms with E-state index in [0.717, 1.165) is 10.6 Å². The maximum absolute atomic E-state index is 12.5. The summed E-state index contributed by atoms with van der Waals surface area (Å²) in [6.07, 6.45) is -2.13. The van der Waals surface area contributed by atoms with Gasteiger partial charge in [0.15, 0.2) is 0 Å². The minimum absolute atomic E-state index is 0.267. The van der Waals surface area contributed by atoms with Gasteiger partial charge in [-0.3, -0.25) is 4.40 Å². The molecule has 1 atom stereocenters. The number of fused-ring (bicyclic) bond motifs is 1. The third-order valence-electron chi connectivity index (χ3n) is 2.43. The molecule has 0 fully saturated rings. The molecule has 2 aromatic rings. The third kappa shape index (κ3) is 2.11. The number of pyridine rings is 1. The molecule has 4 nitrogen and oxygen atoms in total. The van der Waals surface area contributed by atoms with Crippen LogP contribution in [0.25, 0.3) is 5.52 Å². The van der Waals surface area contributed by atoms with Gasteiger partial charge in [-0.05, 0) is 17.7 Å². The minimum atomic E-state index is -4.49. The van der Waals surface area contributed by atoms with Gasteiger partial charge in [-0.1, -0.05) is 0 Å². The zero-order valence-electron chi connectivity index (χ0n) is 8.65. The molecule has 92 valence electrons. The Morgan fingerprint density at radius 1 is 1.47 bits per heavy atom. The van der Waals surface area contributed by atoms with Crippen LogP contribution in [0.4, 0.5) is 13.2 Å². The Labute approximate surface area is 94.5 Å². The molecule has 0 spiro atoms. The predicted molar refractivity (Wildman–Crippen MR) is 54.2 cm³/mol. The molecule has 2 heterocycles. The lowest BCUT2D eigenvalue weighted by Crippen LogP contribution is -2.15. The second-order valence-electron chi connectivity index (χ2n) is 3.62. The summed E-state index contributed by atoms with van der Waals surface area (Å²) in [5, 5.41) is 8.87. The fraction of sp³-hybridized carbons (Fsp3) is 0.300. The summed E-state index contributed by atoms with van der Waals surface area (Å²) in [6, 6.07) is 2.30. The Morgan fingerprint density at radius 2 is 2.18 bits per heavy atom. The van der Waals surface area contributed by atoms with Crippen molar-refractivity contribution in [3.05, 3.63) is 35.9 Å². The number of aliphatic hydroxyl groups is 1. The largest absolute Gasteiger partial charge is 0.450 e. The number of aromatic nitrogens is 2. The van der Waals surface area contributed by atoms with Gasteiger partial charge in [-0.25, -0.2) is 4.98 Å². The maximum Gasteiger partial charge on any atom is 0.450 e. The third-order valence-corrected chi connectivity index (χ3v) is 2.43. The molecule has 2 rings (SSSR count). The van der Waals surface area contributed by atoms with E-state index in [2.05, 4.69) is 4.98 Å². The fourth-order valence-corrected chi connectivity index (χ4v) is 1.56. The van der Waals surface area contributed by atoms with E-state index in [-0.39, 0.29) is 6.61 Å². The van der Waals surface area contributed by atoms with Gasteiger partial charge in [0.2, 0.25) is 5.82 Å². The van der Waals surface area contributed by atoms with Crippen LogP contribution in [0.1, 0.15) is 17.4 Å². The predicted octanol–water partition coefficient (Wildman–Crippen LogP) is 1.35. The van der Waals surface area contributed by atoms with Crippen molar-refractivity contribution >= 4 is 5.52 Å². The molecule has 1 unspecified atom stereocenters. The number of rotatable bonds is 2. The first-order chi connectivity index (χ1) is 7.93. The number of alkyl halides is 3. The molecule has 7 heteroatoms. The lowest BCUT2D eigenvalue weighted by Gasteiger charge is -2.10. The second-order valence-corrected chi connectivity index (χ2v) is 3.62. The lowest BCUT2D eigenvalue weighted by atomic mass is 10.1. The zero-order chi connectivity index (χ0) is 12.6. The monoisotopic (exact) mass is 245 g/mol. The summed E-state index contributed by atoms with van der Waals surface area (Å²) in [6.45, 7) is -0.267. The van der Waals surface area contributed by atoms with E-state index < -0.39 is 18.0 Å². The molecule has 0 amide bonds. The summed E-state index contributed by atoms with van der Waals surface area (Å²) in [5.41, 5.74) is 6.43. The van der Waals surface area contributed by atoms with Crippen molar-refractivity contribution in [2.24, 2.45) is 5.73 Å². The highest BCUT2D eigenvalue weighted by atomic mass is 19.4. The molecular formula is C10H10F3N3O. The first kappa shape index (κ1) is 11.9. The minimum Gasteiger partial charge on any atom is -0.394 e. The Morgan fingerprint density at radius 3 is 2.76 bits per heavy atom. The molecule has 0 aliphatic rings. The summed E-state index contributed by atoms with van der Waals surface area (Å²) < 4.78 is 38.5. The summed E-state index contributed by atoms with van der Waals surface area (Å²) in [7, 11) is 0. The number of nitrogens with zero attached hydrogens (tertiary/aromatic N) is 2. The molecule has 0 aliphatic carbocycles. The SMILES string of the molecule is NC(CO)c1ccn2c(C(F)(F)F)ncc2c1. The highest BCUT2D eigenvalue weighted by Gasteiger charge is 2.35. The van der Waals surface area contributed by atoms with Gasteiger partial charge in [0.1, 0.15) is 0 Å². The lowest BCUT2D eigenvalue weighted by molar-refractivity contribution is -0.145. The second kappa shape index (κ2) is 4.01. The van der Waals surface area contributed by atoms with E-state index in [1.54, 1.807) is 0 Å². The number of aliphatic hydroxyl groups excluding tert-OH is 1. The van der Waals surface area contributed by atoms with Crippen molar-refractivity contribution in [3.63, 3.8) is 0 Å². The molecule has 0 saturated heterocycles. The molecule has 0 aliphatic heterocycles. The van der Waals surface area contributed by atoms with Crippen LogP contribution in [0.2, 0.25) is 0 Å². The highest BCUT2D eigenvalue weighted by molar-refractivity contribution is 5.49. The van der Waals surface area contributed by atoms with Crippen LogP contribution in [0.5, 0.6) is 0 Å². The molecule has 2 aromatic heterocycles. The number of hydrogen-bond donors (Lipinski definition) is 2. The number of hydrogen-bond acceptors (Lipinski definition) is 3. The standard InChI is InChI=1S/C10H10F3N3O/c11-10(12,13)9-15-4-7-3-6(8(14)5-17)1-2-16(7)9/h1-4,8,17H,5,14H2. The molecule has 0 saturated carbocycles. The van der Waals surface area contributed by atoms with Crippen molar-refractivity contribution in [1.82, 2.24) is 9.38 Å². The number of imidazole rings is 1. The molecule has 17 heavy (non-hydrogen) atoms. The molecular weight excluding hydrogens is 235 g/mol. The number of halogens is 3. The van der Waals surface area contributed by atoms with Crippen molar-refractivity contribution in [1.29, 1.82) is 0 Å². The van der Waals surface area contributed by atoms with Gasteiger partial charge in [0.05, 0.1) is 24.4 Å².